The van der Waals surface area contributed by atoms with Crippen molar-refractivity contribution >= 4 is 6.21 Å². The third kappa shape index (κ3) is 2.85. The summed E-state index contributed by atoms with van der Waals surface area (Å²) < 4.78 is 0. The Kier molecular flexibility index (Phi) is 3.19. The molecule has 1 aromatic carbocycles. The second kappa shape index (κ2) is 4.50. The zero-order valence-electron chi connectivity index (χ0n) is 6.53. The van der Waals surface area contributed by atoms with Crippen molar-refractivity contribution in [2.75, 3.05) is 7.11 Å². The molecule has 0 unspecified atom stereocenters. The van der Waals surface area contributed by atoms with E-state index in [-0.39, 0.29) is 0 Å². The maximum absolute atomic E-state index is 4.53. The fraction of sp³-hybridized carbons (Fsp3) is 0.222. The average molecular weight is 149 g/mol. The second-order valence-corrected chi connectivity index (χ2v) is 2.16. The van der Waals surface area contributed by atoms with E-state index in [1.54, 1.807) is 13.3 Å². The predicted molar refractivity (Wildman–Crippen MR) is 45.6 cm³/mol. The van der Waals surface area contributed by atoms with Crippen molar-refractivity contribution in [1.29, 1.82) is 0 Å². The lowest BCUT2D eigenvalue weighted by Crippen LogP contribution is -1.84. The summed E-state index contributed by atoms with van der Waals surface area (Å²) in [6.45, 7) is 0. The highest BCUT2D eigenvalue weighted by Gasteiger charge is 1.85. The van der Waals surface area contributed by atoms with Crippen LogP contribution >= 0.6 is 0 Å². The molecule has 0 aromatic heterocycles. The van der Waals surface area contributed by atoms with Crippen molar-refractivity contribution in [2.24, 2.45) is 5.16 Å². The molecule has 0 saturated carbocycles. The molecule has 0 atom stereocenters. The summed E-state index contributed by atoms with van der Waals surface area (Å²) in [5, 5.41) is 3.64. The van der Waals surface area contributed by atoms with Gasteiger partial charge in [0.25, 0.3) is 0 Å². The molecule has 2 heteroatoms. The lowest BCUT2D eigenvalue weighted by atomic mass is 10.2. The Hall–Kier alpha value is -1.31. The van der Waals surface area contributed by atoms with Gasteiger partial charge in [-0.05, 0) is 5.56 Å². The van der Waals surface area contributed by atoms with Gasteiger partial charge in [-0.25, -0.2) is 0 Å². The summed E-state index contributed by atoms with van der Waals surface area (Å²) in [5.74, 6) is 0. The standard InChI is InChI=1S/C9H11NO/c1-11-10-8-7-9-5-3-2-4-6-9/h2-6,8H,7H2,1H3. The molecule has 0 aliphatic rings. The van der Waals surface area contributed by atoms with Crippen LogP contribution in [0.3, 0.4) is 0 Å². The van der Waals surface area contributed by atoms with Gasteiger partial charge in [0.2, 0.25) is 0 Å². The summed E-state index contributed by atoms with van der Waals surface area (Å²) in [7, 11) is 1.54. The Morgan fingerprint density at radius 1 is 1.36 bits per heavy atom. The quantitative estimate of drug-likeness (QED) is 0.475. The third-order valence-corrected chi connectivity index (χ3v) is 1.35. The van der Waals surface area contributed by atoms with Crippen LogP contribution in [0.5, 0.6) is 0 Å². The fourth-order valence-corrected chi connectivity index (χ4v) is 0.831. The van der Waals surface area contributed by atoms with Gasteiger partial charge >= 0.3 is 0 Å². The molecule has 0 amide bonds. The van der Waals surface area contributed by atoms with Gasteiger partial charge in [-0.3, -0.25) is 0 Å². The van der Waals surface area contributed by atoms with Crippen LogP contribution in [0, 0.1) is 0 Å². The Bertz CT molecular complexity index is 218. The minimum atomic E-state index is 0.828. The highest BCUT2D eigenvalue weighted by Crippen LogP contribution is 1.97. The number of hydrogen-bond acceptors (Lipinski definition) is 2. The molecule has 58 valence electrons. The van der Waals surface area contributed by atoms with Crippen molar-refractivity contribution in [3.05, 3.63) is 35.9 Å². The number of oxime groups is 1. The van der Waals surface area contributed by atoms with Crippen LogP contribution in [0.2, 0.25) is 0 Å². The van der Waals surface area contributed by atoms with Crippen molar-refractivity contribution < 1.29 is 4.84 Å². The molecular formula is C9H11NO. The summed E-state index contributed by atoms with van der Waals surface area (Å²) in [5.41, 5.74) is 1.24. The first-order valence-electron chi connectivity index (χ1n) is 3.52. The smallest absolute Gasteiger partial charge is 0.106 e. The maximum atomic E-state index is 4.53. The Labute approximate surface area is 66.5 Å². The molecule has 0 heterocycles. The van der Waals surface area contributed by atoms with E-state index in [0.717, 1.165) is 6.42 Å². The molecule has 2 nitrogen and oxygen atoms in total. The highest BCUT2D eigenvalue weighted by molar-refractivity contribution is 5.60. The molecule has 0 aliphatic heterocycles. The SMILES string of the molecule is CON=CCc1ccccc1. The largest absolute Gasteiger partial charge is 0.399 e. The van der Waals surface area contributed by atoms with E-state index in [2.05, 4.69) is 22.1 Å². The van der Waals surface area contributed by atoms with Crippen LogP contribution in [-0.4, -0.2) is 13.3 Å². The zero-order valence-corrected chi connectivity index (χ0v) is 6.53. The Morgan fingerprint density at radius 2 is 2.09 bits per heavy atom. The Balaban J connectivity index is 2.45. The number of rotatable bonds is 3. The molecule has 0 bridgehead atoms. The van der Waals surface area contributed by atoms with Gasteiger partial charge in [0.15, 0.2) is 0 Å². The summed E-state index contributed by atoms with van der Waals surface area (Å²) >= 11 is 0. The van der Waals surface area contributed by atoms with Gasteiger partial charge < -0.3 is 4.84 Å². The lowest BCUT2D eigenvalue weighted by Gasteiger charge is -1.92. The van der Waals surface area contributed by atoms with Crippen LogP contribution in [0.4, 0.5) is 0 Å². The zero-order chi connectivity index (χ0) is 7.94. The molecular weight excluding hydrogens is 138 g/mol. The van der Waals surface area contributed by atoms with Crippen LogP contribution in [0.25, 0.3) is 0 Å². The van der Waals surface area contributed by atoms with Gasteiger partial charge in [0.05, 0.1) is 0 Å². The monoisotopic (exact) mass is 149 g/mol. The number of hydrogen-bond donors (Lipinski definition) is 0. The van der Waals surface area contributed by atoms with Crippen molar-refractivity contribution in [3.63, 3.8) is 0 Å². The van der Waals surface area contributed by atoms with E-state index in [4.69, 9.17) is 0 Å². The maximum Gasteiger partial charge on any atom is 0.106 e. The molecule has 11 heavy (non-hydrogen) atoms. The van der Waals surface area contributed by atoms with E-state index < -0.39 is 0 Å². The molecule has 0 radical (unpaired) electrons. The van der Waals surface area contributed by atoms with E-state index in [0.29, 0.717) is 0 Å². The molecule has 0 aliphatic carbocycles. The predicted octanol–water partition coefficient (Wildman–Crippen LogP) is 1.86. The fourth-order valence-electron chi connectivity index (χ4n) is 0.831. The van der Waals surface area contributed by atoms with Crippen LogP contribution < -0.4 is 0 Å². The molecule has 0 fully saturated rings. The highest BCUT2D eigenvalue weighted by atomic mass is 16.6. The summed E-state index contributed by atoms with van der Waals surface area (Å²) in [6, 6.07) is 10.1. The second-order valence-electron chi connectivity index (χ2n) is 2.16. The van der Waals surface area contributed by atoms with Gasteiger partial charge in [0.1, 0.15) is 7.11 Å². The molecule has 0 spiro atoms. The number of nitrogens with zero attached hydrogens (tertiary/aromatic N) is 1. The molecule has 0 saturated heterocycles. The minimum Gasteiger partial charge on any atom is -0.399 e. The summed E-state index contributed by atoms with van der Waals surface area (Å²) in [6.07, 6.45) is 2.57. The van der Waals surface area contributed by atoms with E-state index in [9.17, 15) is 0 Å². The van der Waals surface area contributed by atoms with Gasteiger partial charge in [-0.2, -0.15) is 0 Å². The Morgan fingerprint density at radius 3 is 2.73 bits per heavy atom. The average Bonchev–Trinajstić information content (AvgIpc) is 2.07. The normalized spacial score (nSPS) is 10.3. The van der Waals surface area contributed by atoms with E-state index >= 15 is 0 Å². The third-order valence-electron chi connectivity index (χ3n) is 1.35. The van der Waals surface area contributed by atoms with Crippen molar-refractivity contribution in [3.8, 4) is 0 Å². The van der Waals surface area contributed by atoms with Gasteiger partial charge in [-0.15, -0.1) is 0 Å². The first-order chi connectivity index (χ1) is 5.43. The van der Waals surface area contributed by atoms with E-state index in [1.165, 1.54) is 5.56 Å². The van der Waals surface area contributed by atoms with Crippen LogP contribution in [0.15, 0.2) is 35.5 Å². The molecule has 1 rings (SSSR count). The van der Waals surface area contributed by atoms with Crippen LogP contribution in [0.1, 0.15) is 5.56 Å². The van der Waals surface area contributed by atoms with Crippen molar-refractivity contribution in [2.45, 2.75) is 6.42 Å². The lowest BCUT2D eigenvalue weighted by molar-refractivity contribution is 0.215. The molecule has 1 aromatic rings. The summed E-state index contributed by atoms with van der Waals surface area (Å²) in [4.78, 5) is 4.53. The van der Waals surface area contributed by atoms with Gasteiger partial charge in [-0.1, -0.05) is 35.5 Å². The first-order valence-corrected chi connectivity index (χ1v) is 3.52. The minimum absolute atomic E-state index is 0.828. The van der Waals surface area contributed by atoms with Crippen LogP contribution in [-0.2, 0) is 11.3 Å². The van der Waals surface area contributed by atoms with Gasteiger partial charge in [0, 0.05) is 12.6 Å². The topological polar surface area (TPSA) is 21.6 Å². The number of benzene rings is 1. The van der Waals surface area contributed by atoms with E-state index in [1.807, 2.05) is 18.2 Å². The molecule has 0 N–H and O–H groups in total. The first kappa shape index (κ1) is 7.79. The van der Waals surface area contributed by atoms with Crippen molar-refractivity contribution in [1.82, 2.24) is 0 Å².